The molecule has 1 amide bonds. The van der Waals surface area contributed by atoms with Crippen molar-refractivity contribution in [1.82, 2.24) is 15.4 Å². The third-order valence-electron chi connectivity index (χ3n) is 5.99. The number of fused-ring (bicyclic) bond motifs is 1. The van der Waals surface area contributed by atoms with Crippen molar-refractivity contribution >= 4 is 50.0 Å². The molecule has 1 aromatic heterocycles. The Kier molecular flexibility index (Phi) is 8.91. The molecule has 1 atom stereocenters. The van der Waals surface area contributed by atoms with E-state index in [0.29, 0.717) is 17.8 Å². The summed E-state index contributed by atoms with van der Waals surface area (Å²) in [6.45, 7) is 1.53. The van der Waals surface area contributed by atoms with Gasteiger partial charge < -0.3 is 10.4 Å². The van der Waals surface area contributed by atoms with Gasteiger partial charge in [-0.2, -0.15) is 4.72 Å². The van der Waals surface area contributed by atoms with Crippen LogP contribution in [0, 0.1) is 0 Å². The maximum Gasteiger partial charge on any atom is 0.322 e. The molecule has 0 bridgehead atoms. The van der Waals surface area contributed by atoms with E-state index < -0.39 is 22.0 Å². The van der Waals surface area contributed by atoms with Gasteiger partial charge in [-0.15, -0.1) is 11.3 Å². The maximum atomic E-state index is 13.1. The van der Waals surface area contributed by atoms with Crippen molar-refractivity contribution in [3.8, 4) is 0 Å². The molecule has 0 radical (unpaired) electrons. The predicted molar refractivity (Wildman–Crippen MR) is 144 cm³/mol. The lowest BCUT2D eigenvalue weighted by Gasteiger charge is -2.15. The quantitative estimate of drug-likeness (QED) is 0.275. The van der Waals surface area contributed by atoms with Crippen LogP contribution in [0.1, 0.15) is 35.4 Å². The fraction of sp³-hybridized carbons (Fsp3) is 0.346. The molecule has 0 fully saturated rings. The number of thiophene rings is 1. The van der Waals surface area contributed by atoms with Crippen LogP contribution in [0.4, 0.5) is 0 Å². The van der Waals surface area contributed by atoms with Gasteiger partial charge in [-0.3, -0.25) is 19.9 Å². The van der Waals surface area contributed by atoms with E-state index in [9.17, 15) is 23.1 Å². The summed E-state index contributed by atoms with van der Waals surface area (Å²) in [6, 6.07) is 14.5. The van der Waals surface area contributed by atoms with Crippen molar-refractivity contribution in [3.05, 3.63) is 64.4 Å². The number of guanidine groups is 1. The van der Waals surface area contributed by atoms with Crippen molar-refractivity contribution < 1.29 is 23.1 Å². The summed E-state index contributed by atoms with van der Waals surface area (Å²) in [4.78, 5) is 30.1. The zero-order valence-corrected chi connectivity index (χ0v) is 21.9. The Hall–Kier alpha value is -3.28. The zero-order valence-electron chi connectivity index (χ0n) is 20.3. The molecule has 1 aliphatic rings. The summed E-state index contributed by atoms with van der Waals surface area (Å²) in [5.41, 5.74) is 0. The average Bonchev–Trinajstić information content (AvgIpc) is 3.33. The number of hydrogen-bond donors (Lipinski definition) is 4. The molecule has 2 aromatic carbocycles. The second kappa shape index (κ2) is 12.3. The summed E-state index contributed by atoms with van der Waals surface area (Å²) in [5.74, 6) is -0.757. The number of nitrogens with zero attached hydrogens (tertiary/aromatic N) is 1. The van der Waals surface area contributed by atoms with Crippen LogP contribution in [0.15, 0.2) is 64.5 Å². The Labute approximate surface area is 220 Å². The molecule has 0 spiro atoms. The minimum absolute atomic E-state index is 0.0432. The van der Waals surface area contributed by atoms with Crippen molar-refractivity contribution in [2.24, 2.45) is 4.99 Å². The Morgan fingerprint density at radius 1 is 1.05 bits per heavy atom. The van der Waals surface area contributed by atoms with Crippen molar-refractivity contribution in [2.45, 2.75) is 49.5 Å². The first-order valence-corrected chi connectivity index (χ1v) is 14.5. The van der Waals surface area contributed by atoms with E-state index in [0.717, 1.165) is 53.9 Å². The molecular formula is C26H30N4O5S2. The Balaban J connectivity index is 1.31. The summed E-state index contributed by atoms with van der Waals surface area (Å²) in [7, 11) is -4.06. The third-order valence-corrected chi connectivity index (χ3v) is 8.69. The molecule has 2 heterocycles. The summed E-state index contributed by atoms with van der Waals surface area (Å²) in [5, 5.41) is 16.9. The fourth-order valence-electron chi connectivity index (χ4n) is 4.12. The lowest BCUT2D eigenvalue weighted by atomic mass is 10.1. The number of carboxylic acid groups (broad SMARTS) is 1. The minimum Gasteiger partial charge on any atom is -0.480 e. The zero-order chi connectivity index (χ0) is 26.3. The van der Waals surface area contributed by atoms with Crippen molar-refractivity contribution in [2.75, 3.05) is 13.1 Å². The van der Waals surface area contributed by atoms with E-state index in [1.54, 1.807) is 18.2 Å². The van der Waals surface area contributed by atoms with Gasteiger partial charge in [0.2, 0.25) is 15.9 Å². The standard InChI is InChI=1S/C26H30N4O5S2/c31-24(29-26-27-15-6-16-28-26)12-4-2-9-19-13-14-20(36-19)17-22(25(32)33)30-37(34,35)23-11-5-8-18-7-1-3-10-21(18)23/h1,3,5,7-8,10-11,13-14,22,30H,2,4,6,9,12,15-17H2,(H,32,33)(H2,27,28,29,31). The van der Waals surface area contributed by atoms with E-state index in [1.807, 2.05) is 30.3 Å². The second-order valence-corrected chi connectivity index (χ2v) is 11.8. The molecule has 4 N–H and O–H groups in total. The number of amides is 1. The second-order valence-electron chi connectivity index (χ2n) is 8.83. The number of sulfonamides is 1. The van der Waals surface area contributed by atoms with Crippen LogP contribution in [0.25, 0.3) is 10.8 Å². The van der Waals surface area contributed by atoms with E-state index in [1.165, 1.54) is 17.4 Å². The van der Waals surface area contributed by atoms with Gasteiger partial charge in [0.1, 0.15) is 6.04 Å². The van der Waals surface area contributed by atoms with Gasteiger partial charge in [0.25, 0.3) is 0 Å². The Morgan fingerprint density at radius 2 is 1.84 bits per heavy atom. The molecule has 37 heavy (non-hydrogen) atoms. The summed E-state index contributed by atoms with van der Waals surface area (Å²) >= 11 is 1.46. The number of carbonyl (C=O) groups excluding carboxylic acids is 1. The van der Waals surface area contributed by atoms with Gasteiger partial charge in [0, 0.05) is 41.1 Å². The molecule has 9 nitrogen and oxygen atoms in total. The van der Waals surface area contributed by atoms with Gasteiger partial charge in [0.15, 0.2) is 5.96 Å². The highest BCUT2D eigenvalue weighted by Crippen LogP contribution is 2.24. The average molecular weight is 543 g/mol. The molecule has 196 valence electrons. The molecule has 11 heteroatoms. The highest BCUT2D eigenvalue weighted by Gasteiger charge is 2.27. The first kappa shape index (κ1) is 26.8. The first-order valence-electron chi connectivity index (χ1n) is 12.2. The van der Waals surface area contributed by atoms with E-state index in [4.69, 9.17) is 0 Å². The number of carboxylic acids is 1. The first-order chi connectivity index (χ1) is 17.8. The van der Waals surface area contributed by atoms with Crippen LogP contribution in [-0.2, 0) is 32.5 Å². The highest BCUT2D eigenvalue weighted by molar-refractivity contribution is 7.89. The Bertz CT molecular complexity index is 1400. The van der Waals surface area contributed by atoms with Crippen LogP contribution < -0.4 is 15.4 Å². The van der Waals surface area contributed by atoms with Crippen LogP contribution in [0.2, 0.25) is 0 Å². The van der Waals surface area contributed by atoms with Gasteiger partial charge in [-0.25, -0.2) is 8.42 Å². The normalized spacial score (nSPS) is 14.5. The van der Waals surface area contributed by atoms with E-state index in [2.05, 4.69) is 20.3 Å². The number of nitrogens with one attached hydrogen (secondary N) is 3. The monoisotopic (exact) mass is 542 g/mol. The smallest absolute Gasteiger partial charge is 0.322 e. The molecule has 1 unspecified atom stereocenters. The van der Waals surface area contributed by atoms with E-state index in [-0.39, 0.29) is 17.2 Å². The van der Waals surface area contributed by atoms with Gasteiger partial charge in [-0.05, 0) is 49.3 Å². The van der Waals surface area contributed by atoms with Crippen LogP contribution in [-0.4, -0.2) is 50.5 Å². The van der Waals surface area contributed by atoms with Gasteiger partial charge in [-0.1, -0.05) is 36.4 Å². The summed E-state index contributed by atoms with van der Waals surface area (Å²) < 4.78 is 28.6. The maximum absolute atomic E-state index is 13.1. The molecule has 3 aromatic rings. The number of rotatable bonds is 11. The third kappa shape index (κ3) is 7.37. The highest BCUT2D eigenvalue weighted by atomic mass is 32.2. The molecular weight excluding hydrogens is 512 g/mol. The van der Waals surface area contributed by atoms with Gasteiger partial charge >= 0.3 is 5.97 Å². The number of carbonyl (C=O) groups is 2. The van der Waals surface area contributed by atoms with Crippen molar-refractivity contribution in [1.29, 1.82) is 0 Å². The molecule has 0 saturated heterocycles. The minimum atomic E-state index is -4.06. The lowest BCUT2D eigenvalue weighted by Crippen LogP contribution is -2.43. The topological polar surface area (TPSA) is 137 Å². The predicted octanol–water partition coefficient (Wildman–Crippen LogP) is 3.05. The van der Waals surface area contributed by atoms with Crippen LogP contribution in [0.5, 0.6) is 0 Å². The largest absolute Gasteiger partial charge is 0.480 e. The van der Waals surface area contributed by atoms with Gasteiger partial charge in [0.05, 0.1) is 4.90 Å². The SMILES string of the molecule is O=C(CCCCc1ccc(CC(NS(=O)(=O)c2cccc3ccccc23)C(=O)O)s1)NC1=NCCCN1. The number of hydrogen-bond acceptors (Lipinski definition) is 7. The molecule has 1 aliphatic heterocycles. The molecule has 4 rings (SSSR count). The number of aliphatic carboxylic acids is 1. The molecule has 0 aliphatic carbocycles. The fourth-order valence-corrected chi connectivity index (χ4v) is 6.65. The lowest BCUT2D eigenvalue weighted by molar-refractivity contribution is -0.138. The number of unbranched alkanes of at least 4 members (excludes halogenated alkanes) is 1. The van der Waals surface area contributed by atoms with Crippen molar-refractivity contribution in [3.63, 3.8) is 0 Å². The number of aryl methyl sites for hydroxylation is 1. The van der Waals surface area contributed by atoms with E-state index >= 15 is 0 Å². The summed E-state index contributed by atoms with van der Waals surface area (Å²) in [6.07, 6.45) is 3.69. The molecule has 0 saturated carbocycles. The number of benzene rings is 2. The Morgan fingerprint density at radius 3 is 2.62 bits per heavy atom. The number of aliphatic imine (C=N–C) groups is 1. The van der Waals surface area contributed by atoms with Crippen LogP contribution in [0.3, 0.4) is 0 Å². The van der Waals surface area contributed by atoms with Crippen LogP contribution >= 0.6 is 11.3 Å².